The Labute approximate surface area is 259 Å². The summed E-state index contributed by atoms with van der Waals surface area (Å²) in [5.41, 5.74) is 8.97. The standard InChI is InChI=1S/C34H30FN3O4S2/c1-44(41,42)31-13-10-21(15-28(31)35)14-27-30(16-20-8-9-20)38(34-36-29(19-43-34)33(39)40)37-32(27)26-7-3-6-24(18-26)25-12-11-22-4-2-5-23(22)17-25/h3,6-7,10-13,15,17-20H,2,4-5,8-9,14,16H2,1H3,(H,39,40). The van der Waals surface area contributed by atoms with Gasteiger partial charge >= 0.3 is 5.97 Å². The van der Waals surface area contributed by atoms with E-state index in [1.165, 1.54) is 46.4 Å². The van der Waals surface area contributed by atoms with Crippen molar-refractivity contribution in [3.63, 3.8) is 0 Å². The van der Waals surface area contributed by atoms with Crippen molar-refractivity contribution in [2.75, 3.05) is 6.26 Å². The average molecular weight is 628 g/mol. The lowest BCUT2D eigenvalue weighted by Crippen LogP contribution is -2.06. The zero-order chi connectivity index (χ0) is 30.6. The molecule has 3 aromatic carbocycles. The van der Waals surface area contributed by atoms with Gasteiger partial charge in [-0.3, -0.25) is 0 Å². The van der Waals surface area contributed by atoms with Crippen molar-refractivity contribution in [3.05, 3.63) is 106 Å². The highest BCUT2D eigenvalue weighted by atomic mass is 32.2. The van der Waals surface area contributed by atoms with Crippen LogP contribution >= 0.6 is 11.3 Å². The number of thiazole rings is 1. The third-order valence-electron chi connectivity index (χ3n) is 8.51. The van der Waals surface area contributed by atoms with Crippen molar-refractivity contribution in [2.24, 2.45) is 5.92 Å². The average Bonchev–Trinajstić information content (AvgIpc) is 3.34. The molecule has 2 aliphatic rings. The van der Waals surface area contributed by atoms with Crippen LogP contribution in [0, 0.1) is 11.7 Å². The summed E-state index contributed by atoms with van der Waals surface area (Å²) in [6.45, 7) is 0. The first-order valence-electron chi connectivity index (χ1n) is 14.6. The molecule has 2 aliphatic carbocycles. The number of aromatic nitrogens is 3. The van der Waals surface area contributed by atoms with Gasteiger partial charge in [-0.15, -0.1) is 11.3 Å². The maximum Gasteiger partial charge on any atom is 0.355 e. The van der Waals surface area contributed by atoms with Gasteiger partial charge in [0.1, 0.15) is 10.7 Å². The van der Waals surface area contributed by atoms with E-state index in [4.69, 9.17) is 5.10 Å². The van der Waals surface area contributed by atoms with Crippen LogP contribution in [0.4, 0.5) is 4.39 Å². The van der Waals surface area contributed by atoms with Crippen LogP contribution in [0.3, 0.4) is 0 Å². The van der Waals surface area contributed by atoms with E-state index in [2.05, 4.69) is 35.3 Å². The lowest BCUT2D eigenvalue weighted by molar-refractivity contribution is 0.0691. The van der Waals surface area contributed by atoms with Crippen LogP contribution in [-0.2, 0) is 35.5 Å². The number of carboxylic acid groups (broad SMARTS) is 1. The molecule has 0 amide bonds. The predicted octanol–water partition coefficient (Wildman–Crippen LogP) is 6.94. The van der Waals surface area contributed by atoms with Crippen molar-refractivity contribution in [1.82, 2.24) is 14.8 Å². The van der Waals surface area contributed by atoms with E-state index in [1.807, 2.05) is 12.1 Å². The Kier molecular flexibility index (Phi) is 7.21. The lowest BCUT2D eigenvalue weighted by atomic mass is 9.94. The molecule has 224 valence electrons. The molecule has 1 saturated carbocycles. The number of benzene rings is 3. The van der Waals surface area contributed by atoms with Crippen LogP contribution in [0.2, 0.25) is 0 Å². The number of rotatable bonds is 9. The van der Waals surface area contributed by atoms with Crippen LogP contribution in [0.1, 0.15) is 57.7 Å². The van der Waals surface area contributed by atoms with Crippen molar-refractivity contribution >= 4 is 27.1 Å². The van der Waals surface area contributed by atoms with Crippen LogP contribution < -0.4 is 0 Å². The minimum Gasteiger partial charge on any atom is -0.476 e. The molecule has 1 fully saturated rings. The van der Waals surface area contributed by atoms with Crippen LogP contribution in [0.25, 0.3) is 27.5 Å². The monoisotopic (exact) mass is 627 g/mol. The predicted molar refractivity (Wildman–Crippen MR) is 168 cm³/mol. The van der Waals surface area contributed by atoms with Crippen molar-refractivity contribution in [3.8, 4) is 27.5 Å². The first-order chi connectivity index (χ1) is 21.1. The maximum atomic E-state index is 15.0. The second-order valence-electron chi connectivity index (χ2n) is 11.8. The van der Waals surface area contributed by atoms with E-state index in [9.17, 15) is 18.3 Å². The van der Waals surface area contributed by atoms with Crippen LogP contribution in [0.15, 0.2) is 70.9 Å². The Hall–Kier alpha value is -4.15. The molecule has 0 radical (unpaired) electrons. The number of fused-ring (bicyclic) bond motifs is 1. The van der Waals surface area contributed by atoms with E-state index in [0.29, 0.717) is 28.7 Å². The minimum atomic E-state index is -3.71. The zero-order valence-corrected chi connectivity index (χ0v) is 25.7. The van der Waals surface area contributed by atoms with Gasteiger partial charge in [0, 0.05) is 29.2 Å². The topological polar surface area (TPSA) is 102 Å². The molecular formula is C34H30FN3O4S2. The Bertz CT molecular complexity index is 2040. The fourth-order valence-corrected chi connectivity index (χ4v) is 7.58. The highest BCUT2D eigenvalue weighted by molar-refractivity contribution is 7.90. The minimum absolute atomic E-state index is 0.0435. The summed E-state index contributed by atoms with van der Waals surface area (Å²) in [4.78, 5) is 15.7. The molecule has 2 heterocycles. The molecule has 0 saturated heterocycles. The summed E-state index contributed by atoms with van der Waals surface area (Å²) in [5, 5.41) is 16.6. The summed E-state index contributed by atoms with van der Waals surface area (Å²) in [6, 6.07) is 19.1. The van der Waals surface area contributed by atoms with Crippen molar-refractivity contribution < 1.29 is 22.7 Å². The molecule has 0 aliphatic heterocycles. The van der Waals surface area contributed by atoms with E-state index < -0.39 is 21.6 Å². The number of aryl methyl sites for hydroxylation is 2. The normalized spacial score (nSPS) is 14.6. The molecule has 10 heteroatoms. The van der Waals surface area contributed by atoms with Gasteiger partial charge in [-0.25, -0.2) is 27.3 Å². The number of aromatic carboxylic acids is 1. The first kappa shape index (κ1) is 28.6. The molecule has 0 spiro atoms. The second-order valence-corrected chi connectivity index (χ2v) is 14.6. The summed E-state index contributed by atoms with van der Waals surface area (Å²) >= 11 is 1.22. The Morgan fingerprint density at radius 3 is 2.52 bits per heavy atom. The Morgan fingerprint density at radius 1 is 1.02 bits per heavy atom. The molecule has 1 N–H and O–H groups in total. The molecule has 0 atom stereocenters. The number of halogens is 1. The van der Waals surface area contributed by atoms with Gasteiger partial charge in [0.2, 0.25) is 5.13 Å². The third-order valence-corrected chi connectivity index (χ3v) is 10.5. The van der Waals surface area contributed by atoms with E-state index in [0.717, 1.165) is 66.3 Å². The number of carbonyl (C=O) groups is 1. The number of sulfone groups is 1. The van der Waals surface area contributed by atoms with E-state index in [-0.39, 0.29) is 10.6 Å². The largest absolute Gasteiger partial charge is 0.476 e. The van der Waals surface area contributed by atoms with E-state index >= 15 is 4.39 Å². The number of nitrogens with zero attached hydrogens (tertiary/aromatic N) is 3. The van der Waals surface area contributed by atoms with Gasteiger partial charge < -0.3 is 5.11 Å². The van der Waals surface area contributed by atoms with Gasteiger partial charge in [0.05, 0.1) is 11.4 Å². The zero-order valence-electron chi connectivity index (χ0n) is 24.1. The quantitative estimate of drug-likeness (QED) is 0.190. The number of hydrogen-bond acceptors (Lipinski definition) is 6. The molecule has 0 bridgehead atoms. The fourth-order valence-electron chi connectivity index (χ4n) is 6.08. The maximum absolute atomic E-state index is 15.0. The van der Waals surface area contributed by atoms with Gasteiger partial charge in [0.15, 0.2) is 15.5 Å². The summed E-state index contributed by atoms with van der Waals surface area (Å²) in [5.74, 6) is -1.42. The lowest BCUT2D eigenvalue weighted by Gasteiger charge is -2.11. The molecule has 7 nitrogen and oxygen atoms in total. The summed E-state index contributed by atoms with van der Waals surface area (Å²) in [7, 11) is -3.71. The van der Waals surface area contributed by atoms with Gasteiger partial charge in [-0.2, -0.15) is 5.10 Å². The smallest absolute Gasteiger partial charge is 0.355 e. The van der Waals surface area contributed by atoms with Gasteiger partial charge in [0.25, 0.3) is 0 Å². The van der Waals surface area contributed by atoms with Crippen molar-refractivity contribution in [1.29, 1.82) is 0 Å². The molecule has 7 rings (SSSR count). The summed E-state index contributed by atoms with van der Waals surface area (Å²) < 4.78 is 40.9. The molecule has 2 aromatic heterocycles. The highest BCUT2D eigenvalue weighted by Gasteiger charge is 2.30. The van der Waals surface area contributed by atoms with Gasteiger partial charge in [-0.1, -0.05) is 42.5 Å². The third kappa shape index (κ3) is 5.59. The van der Waals surface area contributed by atoms with Gasteiger partial charge in [-0.05, 0) is 90.5 Å². The fraction of sp³-hybridized carbons (Fsp3) is 0.265. The molecule has 0 unspecified atom stereocenters. The Balaban J connectivity index is 1.38. The SMILES string of the molecule is CS(=O)(=O)c1ccc(Cc2c(-c3cccc(-c4ccc5c(c4)CCC5)c3)nn(-c3nc(C(=O)O)cs3)c2CC2CC2)cc1F. The first-order valence-corrected chi connectivity index (χ1v) is 17.4. The van der Waals surface area contributed by atoms with Crippen LogP contribution in [0.5, 0.6) is 0 Å². The highest BCUT2D eigenvalue weighted by Crippen LogP contribution is 2.39. The molecule has 44 heavy (non-hydrogen) atoms. The number of carboxylic acids is 1. The molecular weight excluding hydrogens is 598 g/mol. The molecule has 5 aromatic rings. The second kappa shape index (κ2) is 11.1. The van der Waals surface area contributed by atoms with Crippen molar-refractivity contribution in [2.45, 2.75) is 49.8 Å². The summed E-state index contributed by atoms with van der Waals surface area (Å²) in [6.07, 6.45) is 7.59. The van der Waals surface area contributed by atoms with E-state index in [1.54, 1.807) is 10.7 Å². The number of hydrogen-bond donors (Lipinski definition) is 1. The Morgan fingerprint density at radius 2 is 1.80 bits per heavy atom. The van der Waals surface area contributed by atoms with Crippen LogP contribution in [-0.4, -0.2) is 40.5 Å².